The number of amides is 1. The molecule has 5 nitrogen and oxygen atoms in total. The fourth-order valence-corrected chi connectivity index (χ4v) is 2.64. The zero-order valence-corrected chi connectivity index (χ0v) is 11.9. The highest BCUT2D eigenvalue weighted by Gasteiger charge is 2.37. The molecule has 0 saturated heterocycles. The lowest BCUT2D eigenvalue weighted by Crippen LogP contribution is -2.29. The Labute approximate surface area is 113 Å². The fraction of sp³-hybridized carbons (Fsp3) is 0.462. The molecule has 0 bridgehead atoms. The van der Waals surface area contributed by atoms with Gasteiger partial charge in [-0.25, -0.2) is 13.6 Å². The lowest BCUT2D eigenvalue weighted by Gasteiger charge is -2.11. The molecule has 19 heavy (non-hydrogen) atoms. The van der Waals surface area contributed by atoms with Crippen molar-refractivity contribution < 1.29 is 13.2 Å². The van der Waals surface area contributed by atoms with E-state index in [-0.39, 0.29) is 16.2 Å². The molecule has 1 aliphatic rings. The molecule has 0 heterocycles. The molecule has 6 heteroatoms. The van der Waals surface area contributed by atoms with Crippen LogP contribution in [0.3, 0.4) is 0 Å². The molecule has 0 radical (unpaired) electrons. The number of sulfonamides is 1. The Morgan fingerprint density at radius 3 is 2.58 bits per heavy atom. The van der Waals surface area contributed by atoms with Gasteiger partial charge in [0.05, 0.1) is 4.90 Å². The fourth-order valence-electron chi connectivity index (χ4n) is 1.83. The van der Waals surface area contributed by atoms with E-state index in [0.29, 0.717) is 17.7 Å². The molecule has 1 aromatic rings. The molecule has 1 amide bonds. The monoisotopic (exact) mass is 282 g/mol. The van der Waals surface area contributed by atoms with Crippen LogP contribution in [0.2, 0.25) is 0 Å². The van der Waals surface area contributed by atoms with Crippen LogP contribution in [-0.4, -0.2) is 20.9 Å². The summed E-state index contributed by atoms with van der Waals surface area (Å²) in [5, 5.41) is 7.95. The average Bonchev–Trinajstić information content (AvgIpc) is 3.04. The number of nitrogens with one attached hydrogen (secondary N) is 1. The SMILES string of the molecule is Cc1ccc(C(=O)NCC2(C)CC2)cc1S(N)(=O)=O. The van der Waals surface area contributed by atoms with Crippen molar-refractivity contribution in [2.45, 2.75) is 31.6 Å². The maximum Gasteiger partial charge on any atom is 0.251 e. The summed E-state index contributed by atoms with van der Waals surface area (Å²) >= 11 is 0. The highest BCUT2D eigenvalue weighted by Crippen LogP contribution is 2.44. The Morgan fingerprint density at radius 1 is 1.42 bits per heavy atom. The van der Waals surface area contributed by atoms with Crippen LogP contribution in [0.1, 0.15) is 35.7 Å². The smallest absolute Gasteiger partial charge is 0.251 e. The molecule has 0 aliphatic heterocycles. The molecule has 1 aromatic carbocycles. The van der Waals surface area contributed by atoms with Gasteiger partial charge in [-0.15, -0.1) is 0 Å². The molecule has 2 rings (SSSR count). The van der Waals surface area contributed by atoms with Crippen LogP contribution >= 0.6 is 0 Å². The summed E-state index contributed by atoms with van der Waals surface area (Å²) < 4.78 is 22.8. The van der Waals surface area contributed by atoms with E-state index < -0.39 is 10.0 Å². The van der Waals surface area contributed by atoms with Gasteiger partial charge in [-0.1, -0.05) is 13.0 Å². The molecule has 0 atom stereocenters. The summed E-state index contributed by atoms with van der Waals surface area (Å²) in [6.07, 6.45) is 2.23. The molecule has 0 unspecified atom stereocenters. The van der Waals surface area contributed by atoms with Gasteiger partial charge in [-0.2, -0.15) is 0 Å². The summed E-state index contributed by atoms with van der Waals surface area (Å²) in [7, 11) is -3.80. The van der Waals surface area contributed by atoms with E-state index in [2.05, 4.69) is 12.2 Å². The lowest BCUT2D eigenvalue weighted by molar-refractivity contribution is 0.0946. The second-order valence-corrected chi connectivity index (χ2v) is 7.05. The first-order chi connectivity index (χ1) is 8.71. The Balaban J connectivity index is 2.18. The molecule has 1 fully saturated rings. The maximum absolute atomic E-state index is 12.0. The van der Waals surface area contributed by atoms with Crippen LogP contribution in [0.15, 0.2) is 23.1 Å². The summed E-state index contributed by atoms with van der Waals surface area (Å²) in [6.45, 7) is 4.37. The van der Waals surface area contributed by atoms with Crippen molar-refractivity contribution in [1.29, 1.82) is 0 Å². The van der Waals surface area contributed by atoms with Gasteiger partial charge in [-0.05, 0) is 42.9 Å². The van der Waals surface area contributed by atoms with E-state index in [4.69, 9.17) is 5.14 Å². The third-order valence-electron chi connectivity index (χ3n) is 3.54. The lowest BCUT2D eigenvalue weighted by atomic mass is 10.1. The summed E-state index contributed by atoms with van der Waals surface area (Å²) in [5.41, 5.74) is 1.07. The van der Waals surface area contributed by atoms with Gasteiger partial charge in [0.25, 0.3) is 5.91 Å². The molecule has 0 aromatic heterocycles. The molecule has 3 N–H and O–H groups in total. The second-order valence-electron chi connectivity index (χ2n) is 5.52. The number of carbonyl (C=O) groups is 1. The van der Waals surface area contributed by atoms with Crippen LogP contribution < -0.4 is 10.5 Å². The molecule has 1 saturated carbocycles. The topological polar surface area (TPSA) is 89.3 Å². The molecular weight excluding hydrogens is 264 g/mol. The minimum Gasteiger partial charge on any atom is -0.351 e. The third-order valence-corrected chi connectivity index (χ3v) is 4.59. The number of aryl methyl sites for hydroxylation is 1. The number of rotatable bonds is 4. The Hall–Kier alpha value is -1.40. The zero-order chi connectivity index (χ0) is 14.3. The van der Waals surface area contributed by atoms with Crippen LogP contribution in [-0.2, 0) is 10.0 Å². The van der Waals surface area contributed by atoms with Gasteiger partial charge in [-0.3, -0.25) is 4.79 Å². The van der Waals surface area contributed by atoms with Gasteiger partial charge in [0.15, 0.2) is 0 Å². The van der Waals surface area contributed by atoms with Gasteiger partial charge >= 0.3 is 0 Å². The van der Waals surface area contributed by atoms with E-state index >= 15 is 0 Å². The summed E-state index contributed by atoms with van der Waals surface area (Å²) in [5.74, 6) is -0.266. The normalized spacial score (nSPS) is 17.0. The summed E-state index contributed by atoms with van der Waals surface area (Å²) in [4.78, 5) is 12.0. The number of primary sulfonamides is 1. The minimum absolute atomic E-state index is 0.00205. The Kier molecular flexibility index (Phi) is 3.40. The van der Waals surface area contributed by atoms with Crippen LogP contribution in [0.5, 0.6) is 0 Å². The van der Waals surface area contributed by atoms with Crippen molar-refractivity contribution >= 4 is 15.9 Å². The largest absolute Gasteiger partial charge is 0.351 e. The maximum atomic E-state index is 12.0. The second kappa shape index (κ2) is 4.61. The standard InChI is InChI=1S/C13H18N2O3S/c1-9-3-4-10(7-11(9)19(14,17)18)12(16)15-8-13(2)5-6-13/h3-4,7H,5-6,8H2,1-2H3,(H,15,16)(H2,14,17,18). The molecule has 1 aliphatic carbocycles. The van der Waals surface area contributed by atoms with Gasteiger partial charge in [0, 0.05) is 12.1 Å². The predicted molar refractivity (Wildman–Crippen MR) is 72.2 cm³/mol. The van der Waals surface area contributed by atoms with Crippen molar-refractivity contribution in [3.8, 4) is 0 Å². The predicted octanol–water partition coefficient (Wildman–Crippen LogP) is 1.17. The van der Waals surface area contributed by atoms with E-state index in [1.54, 1.807) is 19.1 Å². The first-order valence-corrected chi connectivity index (χ1v) is 7.68. The molecule has 104 valence electrons. The summed E-state index contributed by atoms with van der Waals surface area (Å²) in [6, 6.07) is 4.53. The minimum atomic E-state index is -3.80. The van der Waals surface area contributed by atoms with Crippen molar-refractivity contribution in [1.82, 2.24) is 5.32 Å². The highest BCUT2D eigenvalue weighted by molar-refractivity contribution is 7.89. The van der Waals surface area contributed by atoms with E-state index in [1.807, 2.05) is 0 Å². The number of benzene rings is 1. The molecular formula is C13H18N2O3S. The Bertz CT molecular complexity index is 619. The van der Waals surface area contributed by atoms with Crippen LogP contribution in [0, 0.1) is 12.3 Å². The van der Waals surface area contributed by atoms with Crippen molar-refractivity contribution in [3.05, 3.63) is 29.3 Å². The van der Waals surface area contributed by atoms with E-state index in [1.165, 1.54) is 6.07 Å². The third kappa shape index (κ3) is 3.33. The van der Waals surface area contributed by atoms with Crippen molar-refractivity contribution in [2.75, 3.05) is 6.54 Å². The first-order valence-electron chi connectivity index (χ1n) is 6.13. The van der Waals surface area contributed by atoms with E-state index in [0.717, 1.165) is 12.8 Å². The van der Waals surface area contributed by atoms with Crippen LogP contribution in [0.4, 0.5) is 0 Å². The number of hydrogen-bond donors (Lipinski definition) is 2. The average molecular weight is 282 g/mol. The zero-order valence-electron chi connectivity index (χ0n) is 11.1. The number of hydrogen-bond acceptors (Lipinski definition) is 3. The quantitative estimate of drug-likeness (QED) is 0.868. The van der Waals surface area contributed by atoms with Crippen molar-refractivity contribution in [3.63, 3.8) is 0 Å². The van der Waals surface area contributed by atoms with Crippen LogP contribution in [0.25, 0.3) is 0 Å². The number of nitrogens with two attached hydrogens (primary N) is 1. The van der Waals surface area contributed by atoms with Gasteiger partial charge in [0.2, 0.25) is 10.0 Å². The highest BCUT2D eigenvalue weighted by atomic mass is 32.2. The number of carbonyl (C=O) groups excluding carboxylic acids is 1. The van der Waals surface area contributed by atoms with Gasteiger partial charge in [0.1, 0.15) is 0 Å². The van der Waals surface area contributed by atoms with Crippen molar-refractivity contribution in [2.24, 2.45) is 10.6 Å². The Morgan fingerprint density at radius 2 is 2.05 bits per heavy atom. The van der Waals surface area contributed by atoms with Gasteiger partial charge < -0.3 is 5.32 Å². The van der Waals surface area contributed by atoms with E-state index in [9.17, 15) is 13.2 Å². The first kappa shape index (κ1) is 14.0. The molecule has 0 spiro atoms.